The third kappa shape index (κ3) is 5.25. The molecule has 1 N–H and O–H groups in total. The molecule has 2 rings (SSSR count). The van der Waals surface area contributed by atoms with Gasteiger partial charge in [0.05, 0.1) is 6.61 Å². The third-order valence-corrected chi connectivity index (χ3v) is 4.40. The van der Waals surface area contributed by atoms with Crippen molar-refractivity contribution in [2.75, 3.05) is 6.61 Å². The van der Waals surface area contributed by atoms with Crippen LogP contribution >= 0.6 is 0 Å². The van der Waals surface area contributed by atoms with E-state index in [9.17, 15) is 9.59 Å². The first-order valence-electron chi connectivity index (χ1n) is 9.15. The van der Waals surface area contributed by atoms with Crippen molar-refractivity contribution in [3.05, 3.63) is 39.2 Å². The number of amides is 1. The summed E-state index contributed by atoms with van der Waals surface area (Å²) in [4.78, 5) is 23.7. The van der Waals surface area contributed by atoms with Crippen LogP contribution in [-0.4, -0.2) is 24.3 Å². The molecule has 1 amide bonds. The van der Waals surface area contributed by atoms with Gasteiger partial charge in [-0.15, -0.1) is 0 Å². The summed E-state index contributed by atoms with van der Waals surface area (Å²) < 4.78 is 16.6. The van der Waals surface area contributed by atoms with E-state index in [1.54, 1.807) is 6.92 Å². The number of carbonyl (C=O) groups is 1. The summed E-state index contributed by atoms with van der Waals surface area (Å²) in [6.07, 6.45) is 0.178. The van der Waals surface area contributed by atoms with Crippen molar-refractivity contribution in [1.82, 2.24) is 5.32 Å². The minimum absolute atomic E-state index is 0.0940. The predicted molar refractivity (Wildman–Crippen MR) is 106 cm³/mol. The molecular formula is C21H29NO5. The number of nitrogens with one attached hydrogen (secondary N) is 1. The van der Waals surface area contributed by atoms with E-state index in [4.69, 9.17) is 13.9 Å². The topological polar surface area (TPSA) is 77.8 Å². The number of hydrogen-bond acceptors (Lipinski definition) is 5. The standard InChI is InChI=1S/C21H29NO5/c1-12(22-20(24)27-21(5,6)7)10-11-25-17-9-8-16-13(2)14(3)19(23)26-18(16)15(17)4/h8-9,12H,10-11H2,1-7H3,(H,22,24)/t12-/m0/s1. The van der Waals surface area contributed by atoms with Crippen molar-refractivity contribution in [3.63, 3.8) is 0 Å². The second-order valence-electron chi connectivity index (χ2n) is 7.89. The van der Waals surface area contributed by atoms with Crippen molar-refractivity contribution >= 4 is 17.1 Å². The van der Waals surface area contributed by atoms with Crippen LogP contribution in [0.5, 0.6) is 5.75 Å². The number of carbonyl (C=O) groups excluding carboxylic acids is 1. The molecule has 1 aromatic carbocycles. The first-order valence-corrected chi connectivity index (χ1v) is 9.15. The van der Waals surface area contributed by atoms with Crippen molar-refractivity contribution in [3.8, 4) is 5.75 Å². The summed E-state index contributed by atoms with van der Waals surface area (Å²) in [6.45, 7) is 13.3. The molecule has 6 heteroatoms. The molecule has 0 aliphatic heterocycles. The van der Waals surface area contributed by atoms with Gasteiger partial charge in [0.1, 0.15) is 16.9 Å². The normalized spacial score (nSPS) is 12.7. The average Bonchev–Trinajstić information content (AvgIpc) is 2.53. The Morgan fingerprint density at radius 2 is 1.81 bits per heavy atom. The first-order chi connectivity index (χ1) is 12.5. The number of aryl methyl sites for hydroxylation is 2. The zero-order valence-electron chi connectivity index (χ0n) is 17.2. The molecule has 0 saturated heterocycles. The van der Waals surface area contributed by atoms with Gasteiger partial charge >= 0.3 is 11.7 Å². The van der Waals surface area contributed by atoms with Crippen LogP contribution in [0.15, 0.2) is 21.3 Å². The van der Waals surface area contributed by atoms with E-state index < -0.39 is 11.7 Å². The van der Waals surface area contributed by atoms with Gasteiger partial charge in [0.25, 0.3) is 0 Å². The van der Waals surface area contributed by atoms with Crippen LogP contribution in [0.4, 0.5) is 4.79 Å². The Balaban J connectivity index is 2.01. The fourth-order valence-electron chi connectivity index (χ4n) is 2.71. The van der Waals surface area contributed by atoms with Gasteiger partial charge in [0.2, 0.25) is 0 Å². The summed E-state index contributed by atoms with van der Waals surface area (Å²) in [5.41, 5.74) is 2.04. The molecule has 27 heavy (non-hydrogen) atoms. The lowest BCUT2D eigenvalue weighted by Gasteiger charge is -2.22. The highest BCUT2D eigenvalue weighted by molar-refractivity contribution is 5.85. The van der Waals surface area contributed by atoms with Gasteiger partial charge in [-0.25, -0.2) is 9.59 Å². The molecule has 0 aliphatic carbocycles. The summed E-state index contributed by atoms with van der Waals surface area (Å²) in [6, 6.07) is 3.70. The van der Waals surface area contributed by atoms with E-state index in [1.807, 2.05) is 53.7 Å². The smallest absolute Gasteiger partial charge is 0.407 e. The summed E-state index contributed by atoms with van der Waals surface area (Å²) >= 11 is 0. The summed E-state index contributed by atoms with van der Waals surface area (Å²) in [5, 5.41) is 3.70. The maximum absolute atomic E-state index is 12.0. The molecule has 2 aromatic rings. The molecule has 1 heterocycles. The Bertz CT molecular complexity index is 892. The van der Waals surface area contributed by atoms with E-state index in [0.717, 1.165) is 16.5 Å². The van der Waals surface area contributed by atoms with Crippen LogP contribution in [0.2, 0.25) is 0 Å². The molecule has 148 valence electrons. The van der Waals surface area contributed by atoms with E-state index in [0.29, 0.717) is 29.9 Å². The van der Waals surface area contributed by atoms with Gasteiger partial charge < -0.3 is 19.2 Å². The Morgan fingerprint density at radius 3 is 2.44 bits per heavy atom. The Kier molecular flexibility index (Phi) is 6.19. The maximum atomic E-state index is 12.0. The van der Waals surface area contributed by atoms with Crippen LogP contribution in [-0.2, 0) is 4.74 Å². The molecular weight excluding hydrogens is 346 g/mol. The second kappa shape index (κ2) is 8.03. The fraction of sp³-hybridized carbons (Fsp3) is 0.524. The van der Waals surface area contributed by atoms with Crippen LogP contribution in [0.1, 0.15) is 50.8 Å². The number of hydrogen-bond donors (Lipinski definition) is 1. The number of benzene rings is 1. The molecule has 0 radical (unpaired) electrons. The molecule has 0 spiro atoms. The van der Waals surface area contributed by atoms with Crippen LogP contribution in [0.25, 0.3) is 11.0 Å². The third-order valence-electron chi connectivity index (χ3n) is 4.40. The summed E-state index contributed by atoms with van der Waals surface area (Å²) in [7, 11) is 0. The number of ether oxygens (including phenoxy) is 2. The largest absolute Gasteiger partial charge is 0.493 e. The van der Waals surface area contributed by atoms with Crippen LogP contribution < -0.4 is 15.7 Å². The molecule has 0 unspecified atom stereocenters. The van der Waals surface area contributed by atoms with Crippen molar-refractivity contribution in [2.45, 2.75) is 66.5 Å². The predicted octanol–water partition coefficient (Wildman–Crippen LogP) is 4.40. The van der Waals surface area contributed by atoms with Gasteiger partial charge in [-0.1, -0.05) is 0 Å². The highest BCUT2D eigenvalue weighted by Gasteiger charge is 2.18. The number of fused-ring (bicyclic) bond motifs is 1. The first kappa shape index (κ1) is 20.8. The Morgan fingerprint density at radius 1 is 1.15 bits per heavy atom. The highest BCUT2D eigenvalue weighted by Crippen LogP contribution is 2.29. The van der Waals surface area contributed by atoms with Gasteiger partial charge in [0.15, 0.2) is 0 Å². The van der Waals surface area contributed by atoms with Crippen molar-refractivity contribution in [1.29, 1.82) is 0 Å². The molecule has 0 fully saturated rings. The summed E-state index contributed by atoms with van der Waals surface area (Å²) in [5.74, 6) is 0.665. The fourth-order valence-corrected chi connectivity index (χ4v) is 2.71. The Labute approximate surface area is 159 Å². The lowest BCUT2D eigenvalue weighted by Crippen LogP contribution is -2.38. The van der Waals surface area contributed by atoms with Crippen molar-refractivity contribution < 1.29 is 18.7 Å². The van der Waals surface area contributed by atoms with Crippen LogP contribution in [0.3, 0.4) is 0 Å². The molecule has 0 saturated carbocycles. The number of rotatable bonds is 5. The SMILES string of the molecule is Cc1c(C)c2ccc(OCC[C@H](C)NC(=O)OC(C)(C)C)c(C)c2oc1=O. The van der Waals surface area contributed by atoms with Crippen molar-refractivity contribution in [2.24, 2.45) is 0 Å². The van der Waals surface area contributed by atoms with Gasteiger partial charge in [-0.05, 0) is 66.2 Å². The molecule has 6 nitrogen and oxygen atoms in total. The van der Waals surface area contributed by atoms with Gasteiger partial charge in [0, 0.05) is 29.0 Å². The molecule has 0 aliphatic rings. The molecule has 1 aromatic heterocycles. The average molecular weight is 375 g/mol. The van der Waals surface area contributed by atoms with Gasteiger partial charge in [-0.2, -0.15) is 0 Å². The van der Waals surface area contributed by atoms with E-state index >= 15 is 0 Å². The maximum Gasteiger partial charge on any atom is 0.407 e. The lowest BCUT2D eigenvalue weighted by atomic mass is 10.0. The zero-order chi connectivity index (χ0) is 20.4. The highest BCUT2D eigenvalue weighted by atomic mass is 16.6. The number of alkyl carbamates (subject to hydrolysis) is 1. The van der Waals surface area contributed by atoms with E-state index in [2.05, 4.69) is 5.32 Å². The van der Waals surface area contributed by atoms with Gasteiger partial charge in [-0.3, -0.25) is 0 Å². The molecule has 1 atom stereocenters. The lowest BCUT2D eigenvalue weighted by molar-refractivity contribution is 0.0503. The Hall–Kier alpha value is -2.50. The molecule has 0 bridgehead atoms. The quantitative estimate of drug-likeness (QED) is 0.784. The minimum atomic E-state index is -0.525. The minimum Gasteiger partial charge on any atom is -0.493 e. The van der Waals surface area contributed by atoms with E-state index in [-0.39, 0.29) is 11.7 Å². The zero-order valence-corrected chi connectivity index (χ0v) is 17.2. The van der Waals surface area contributed by atoms with Crippen LogP contribution in [0, 0.1) is 20.8 Å². The second-order valence-corrected chi connectivity index (χ2v) is 7.89. The monoisotopic (exact) mass is 375 g/mol. The van der Waals surface area contributed by atoms with E-state index in [1.165, 1.54) is 0 Å².